The Morgan fingerprint density at radius 2 is 1.84 bits per heavy atom. The molecule has 0 saturated carbocycles. The summed E-state index contributed by atoms with van der Waals surface area (Å²) >= 11 is 0. The third-order valence-electron chi connectivity index (χ3n) is 2.74. The van der Waals surface area contributed by atoms with Crippen LogP contribution in [0.1, 0.15) is 15.9 Å². The molecule has 0 aliphatic rings. The van der Waals surface area contributed by atoms with E-state index in [1.165, 1.54) is 6.07 Å². The van der Waals surface area contributed by atoms with Crippen LogP contribution >= 0.6 is 0 Å². The largest absolute Gasteiger partial charge is 0.398 e. The predicted octanol–water partition coefficient (Wildman–Crippen LogP) is 2.56. The summed E-state index contributed by atoms with van der Waals surface area (Å²) < 4.78 is 13.8. The Morgan fingerprint density at radius 3 is 2.42 bits per heavy atom. The Labute approximate surface area is 110 Å². The second-order valence-electron chi connectivity index (χ2n) is 4.27. The molecule has 5 heteroatoms. The van der Waals surface area contributed by atoms with Crippen molar-refractivity contribution in [1.29, 1.82) is 0 Å². The molecule has 4 nitrogen and oxygen atoms in total. The molecule has 0 heterocycles. The maximum atomic E-state index is 13.8. The number of aryl methyl sites for hydroxylation is 1. The third kappa shape index (κ3) is 2.82. The summed E-state index contributed by atoms with van der Waals surface area (Å²) in [6, 6.07) is 9.81. The summed E-state index contributed by atoms with van der Waals surface area (Å²) in [5.74, 6) is -1.23. The first-order chi connectivity index (χ1) is 8.97. The molecule has 2 rings (SSSR count). The molecule has 0 aliphatic heterocycles. The van der Waals surface area contributed by atoms with Gasteiger partial charge in [0.15, 0.2) is 0 Å². The van der Waals surface area contributed by atoms with Gasteiger partial charge in [-0.1, -0.05) is 17.7 Å². The number of carbonyl (C=O) groups is 1. The number of nitrogen functional groups attached to an aromatic ring is 1. The lowest BCUT2D eigenvalue weighted by atomic mass is 10.1. The summed E-state index contributed by atoms with van der Waals surface area (Å²) in [5, 5.41) is 2.88. The number of nitrogens with one attached hydrogen (secondary N) is 1. The molecule has 0 spiro atoms. The molecule has 0 radical (unpaired) electrons. The monoisotopic (exact) mass is 259 g/mol. The van der Waals surface area contributed by atoms with E-state index >= 15 is 0 Å². The highest BCUT2D eigenvalue weighted by Crippen LogP contribution is 2.25. The van der Waals surface area contributed by atoms with Crippen LogP contribution in [0.5, 0.6) is 0 Å². The average molecular weight is 259 g/mol. The minimum absolute atomic E-state index is 0.0273. The SMILES string of the molecule is Cc1ccc(Nc2cc(C(N)=O)c(N)cc2F)cc1. The molecule has 1 amide bonds. The van der Waals surface area contributed by atoms with Crippen LogP contribution in [0.15, 0.2) is 36.4 Å². The fraction of sp³-hybridized carbons (Fsp3) is 0.0714. The van der Waals surface area contributed by atoms with E-state index < -0.39 is 11.7 Å². The van der Waals surface area contributed by atoms with Gasteiger partial charge in [0.25, 0.3) is 5.91 Å². The molecule has 0 atom stereocenters. The van der Waals surface area contributed by atoms with Gasteiger partial charge < -0.3 is 16.8 Å². The highest BCUT2D eigenvalue weighted by Gasteiger charge is 2.11. The molecule has 0 unspecified atom stereocenters. The normalized spacial score (nSPS) is 10.2. The summed E-state index contributed by atoms with van der Waals surface area (Å²) in [6.45, 7) is 1.96. The minimum Gasteiger partial charge on any atom is -0.398 e. The lowest BCUT2D eigenvalue weighted by Crippen LogP contribution is -2.14. The molecule has 98 valence electrons. The topological polar surface area (TPSA) is 81.1 Å². The maximum Gasteiger partial charge on any atom is 0.250 e. The van der Waals surface area contributed by atoms with Crippen molar-refractivity contribution >= 4 is 23.0 Å². The van der Waals surface area contributed by atoms with Gasteiger partial charge in [0.2, 0.25) is 0 Å². The van der Waals surface area contributed by atoms with E-state index in [1.807, 2.05) is 31.2 Å². The minimum atomic E-state index is -0.690. The molecule has 0 fully saturated rings. The molecule has 2 aromatic rings. The van der Waals surface area contributed by atoms with E-state index in [9.17, 15) is 9.18 Å². The number of primary amides is 1. The Bertz CT molecular complexity index is 623. The van der Waals surface area contributed by atoms with Crippen LogP contribution in [-0.2, 0) is 0 Å². The van der Waals surface area contributed by atoms with Crippen LogP contribution < -0.4 is 16.8 Å². The molecule has 2 aromatic carbocycles. The first kappa shape index (κ1) is 12.9. The number of amides is 1. The summed E-state index contributed by atoms with van der Waals surface area (Å²) in [6.07, 6.45) is 0. The molecular formula is C14H14FN3O. The number of halogens is 1. The van der Waals surface area contributed by atoms with Crippen LogP contribution in [0.2, 0.25) is 0 Å². The van der Waals surface area contributed by atoms with E-state index in [2.05, 4.69) is 5.32 Å². The molecule has 0 aromatic heterocycles. The van der Waals surface area contributed by atoms with Crippen molar-refractivity contribution in [2.75, 3.05) is 11.1 Å². The first-order valence-electron chi connectivity index (χ1n) is 5.70. The number of nitrogens with two attached hydrogens (primary N) is 2. The van der Waals surface area contributed by atoms with E-state index in [4.69, 9.17) is 11.5 Å². The van der Waals surface area contributed by atoms with Gasteiger partial charge in [0, 0.05) is 11.4 Å². The number of hydrogen-bond donors (Lipinski definition) is 3. The fourth-order valence-corrected chi connectivity index (χ4v) is 1.69. The standard InChI is InChI=1S/C14H14FN3O/c1-8-2-4-9(5-3-8)18-13-6-10(14(17)19)12(16)7-11(13)15/h2-7,18H,16H2,1H3,(H2,17,19). The molecular weight excluding hydrogens is 245 g/mol. The van der Waals surface area contributed by atoms with Crippen molar-refractivity contribution in [3.05, 3.63) is 53.3 Å². The predicted molar refractivity (Wildman–Crippen MR) is 73.8 cm³/mol. The van der Waals surface area contributed by atoms with Crippen molar-refractivity contribution in [2.24, 2.45) is 5.73 Å². The number of rotatable bonds is 3. The van der Waals surface area contributed by atoms with E-state index in [1.54, 1.807) is 0 Å². The van der Waals surface area contributed by atoms with Gasteiger partial charge in [-0.2, -0.15) is 0 Å². The summed E-state index contributed by atoms with van der Waals surface area (Å²) in [7, 11) is 0. The number of carbonyl (C=O) groups excluding carboxylic acids is 1. The van der Waals surface area contributed by atoms with Crippen LogP contribution in [0, 0.1) is 12.7 Å². The van der Waals surface area contributed by atoms with Gasteiger partial charge in [-0.15, -0.1) is 0 Å². The Balaban J connectivity index is 2.37. The maximum absolute atomic E-state index is 13.8. The van der Waals surface area contributed by atoms with Crippen molar-refractivity contribution in [3.63, 3.8) is 0 Å². The van der Waals surface area contributed by atoms with Gasteiger partial charge in [-0.3, -0.25) is 4.79 Å². The Kier molecular flexibility index (Phi) is 3.37. The zero-order valence-electron chi connectivity index (χ0n) is 10.4. The van der Waals surface area contributed by atoms with E-state index in [0.717, 1.165) is 11.6 Å². The van der Waals surface area contributed by atoms with Gasteiger partial charge in [-0.25, -0.2) is 4.39 Å². The Hall–Kier alpha value is -2.56. The molecule has 0 saturated heterocycles. The Morgan fingerprint density at radius 1 is 1.21 bits per heavy atom. The van der Waals surface area contributed by atoms with Gasteiger partial charge in [0.1, 0.15) is 5.82 Å². The number of anilines is 3. The molecule has 5 N–H and O–H groups in total. The highest BCUT2D eigenvalue weighted by molar-refractivity contribution is 5.99. The van der Waals surface area contributed by atoms with Gasteiger partial charge in [-0.05, 0) is 31.2 Å². The van der Waals surface area contributed by atoms with Crippen molar-refractivity contribution in [2.45, 2.75) is 6.92 Å². The average Bonchev–Trinajstić information content (AvgIpc) is 2.34. The lowest BCUT2D eigenvalue weighted by Gasteiger charge is -2.10. The molecule has 0 aliphatic carbocycles. The van der Waals surface area contributed by atoms with E-state index in [-0.39, 0.29) is 16.9 Å². The number of hydrogen-bond acceptors (Lipinski definition) is 3. The highest BCUT2D eigenvalue weighted by atomic mass is 19.1. The number of benzene rings is 2. The van der Waals surface area contributed by atoms with Crippen LogP contribution in [-0.4, -0.2) is 5.91 Å². The quantitative estimate of drug-likeness (QED) is 0.741. The van der Waals surface area contributed by atoms with Crippen molar-refractivity contribution in [3.8, 4) is 0 Å². The van der Waals surface area contributed by atoms with Crippen LogP contribution in [0.4, 0.5) is 21.5 Å². The van der Waals surface area contributed by atoms with Crippen molar-refractivity contribution in [1.82, 2.24) is 0 Å². The van der Waals surface area contributed by atoms with Gasteiger partial charge >= 0.3 is 0 Å². The summed E-state index contributed by atoms with van der Waals surface area (Å²) in [4.78, 5) is 11.2. The molecule has 19 heavy (non-hydrogen) atoms. The lowest BCUT2D eigenvalue weighted by molar-refractivity contribution is 0.100. The third-order valence-corrected chi connectivity index (χ3v) is 2.74. The first-order valence-corrected chi connectivity index (χ1v) is 5.70. The van der Waals surface area contributed by atoms with Gasteiger partial charge in [0.05, 0.1) is 11.3 Å². The van der Waals surface area contributed by atoms with Crippen molar-refractivity contribution < 1.29 is 9.18 Å². The second-order valence-corrected chi connectivity index (χ2v) is 4.27. The molecule has 0 bridgehead atoms. The van der Waals surface area contributed by atoms with E-state index in [0.29, 0.717) is 5.69 Å². The zero-order chi connectivity index (χ0) is 14.0. The van der Waals surface area contributed by atoms with Crippen LogP contribution in [0.3, 0.4) is 0 Å². The smallest absolute Gasteiger partial charge is 0.250 e. The summed E-state index contributed by atoms with van der Waals surface area (Å²) in [5.41, 5.74) is 12.8. The zero-order valence-corrected chi connectivity index (χ0v) is 10.4. The second kappa shape index (κ2) is 4.97. The fourth-order valence-electron chi connectivity index (χ4n) is 1.69. The van der Waals surface area contributed by atoms with Crippen LogP contribution in [0.25, 0.3) is 0 Å².